The summed E-state index contributed by atoms with van der Waals surface area (Å²) >= 11 is 0. The molecule has 3 aromatic carbocycles. The molecule has 4 rings (SSSR count). The zero-order chi connectivity index (χ0) is 24.5. The van der Waals surface area contributed by atoms with Crippen molar-refractivity contribution >= 4 is 33.0 Å². The number of carbonyl (C=O) groups excluding carboxylic acids is 1. The third kappa shape index (κ3) is 4.44. The maximum atomic E-state index is 13.4. The minimum atomic E-state index is -3.83. The third-order valence-electron chi connectivity index (χ3n) is 5.73. The Kier molecular flexibility index (Phi) is 6.25. The second-order valence-corrected chi connectivity index (χ2v) is 9.77. The van der Waals surface area contributed by atoms with Crippen molar-refractivity contribution in [3.63, 3.8) is 0 Å². The molecule has 9 nitrogen and oxygen atoms in total. The molecule has 1 aliphatic rings. The summed E-state index contributed by atoms with van der Waals surface area (Å²) in [5.74, 6) is 0.0303. The molecule has 1 N–H and O–H groups in total. The van der Waals surface area contributed by atoms with Crippen LogP contribution in [0.15, 0.2) is 65.6 Å². The maximum absolute atomic E-state index is 13.4. The van der Waals surface area contributed by atoms with E-state index in [2.05, 4.69) is 5.32 Å². The lowest BCUT2D eigenvalue weighted by molar-refractivity contribution is -0.385. The number of nitro groups is 1. The smallest absolute Gasteiger partial charge is 0.273 e. The summed E-state index contributed by atoms with van der Waals surface area (Å²) in [5.41, 5.74) is 2.19. The molecule has 0 aliphatic carbocycles. The number of carbonyl (C=O) groups is 1. The van der Waals surface area contributed by atoms with Gasteiger partial charge >= 0.3 is 0 Å². The minimum Gasteiger partial charge on any atom is -0.497 e. The van der Waals surface area contributed by atoms with E-state index in [1.165, 1.54) is 41.7 Å². The van der Waals surface area contributed by atoms with Gasteiger partial charge in [-0.2, -0.15) is 0 Å². The molecular formula is C24H23N3O6S. The lowest BCUT2D eigenvalue weighted by Crippen LogP contribution is -2.35. The molecule has 10 heteroatoms. The number of rotatable bonds is 6. The Morgan fingerprint density at radius 1 is 1.09 bits per heavy atom. The predicted octanol–water partition coefficient (Wildman–Crippen LogP) is 4.31. The normalized spacial score (nSPS) is 13.2. The van der Waals surface area contributed by atoms with Crippen LogP contribution in [0.2, 0.25) is 0 Å². The van der Waals surface area contributed by atoms with Gasteiger partial charge in [-0.05, 0) is 67.8 Å². The number of hydrogen-bond acceptors (Lipinski definition) is 6. The zero-order valence-corrected chi connectivity index (χ0v) is 19.5. The summed E-state index contributed by atoms with van der Waals surface area (Å²) in [7, 11) is -2.32. The number of hydrogen-bond donors (Lipinski definition) is 1. The lowest BCUT2D eigenvalue weighted by Gasteiger charge is -2.31. The summed E-state index contributed by atoms with van der Waals surface area (Å²) in [6.07, 6.45) is 1.38. The third-order valence-corrected chi connectivity index (χ3v) is 7.56. The Hall–Kier alpha value is -3.92. The van der Waals surface area contributed by atoms with Gasteiger partial charge in [0, 0.05) is 29.4 Å². The highest BCUT2D eigenvalue weighted by Crippen LogP contribution is 2.34. The van der Waals surface area contributed by atoms with Crippen molar-refractivity contribution in [2.45, 2.75) is 24.7 Å². The Balaban J connectivity index is 1.64. The monoisotopic (exact) mass is 481 g/mol. The molecule has 34 heavy (non-hydrogen) atoms. The highest BCUT2D eigenvalue weighted by atomic mass is 32.2. The fraction of sp³-hybridized carbons (Fsp3) is 0.208. The Bertz CT molecular complexity index is 1370. The number of nitrogens with one attached hydrogen (secondary N) is 1. The highest BCUT2D eigenvalue weighted by Gasteiger charge is 2.29. The Morgan fingerprint density at radius 3 is 2.50 bits per heavy atom. The van der Waals surface area contributed by atoms with Crippen LogP contribution in [0, 0.1) is 17.0 Å². The number of methoxy groups -OCH3 is 1. The van der Waals surface area contributed by atoms with E-state index in [9.17, 15) is 23.3 Å². The Labute approximate surface area is 197 Å². The number of sulfonamides is 1. The summed E-state index contributed by atoms with van der Waals surface area (Å²) in [5, 5.41) is 13.9. The maximum Gasteiger partial charge on any atom is 0.273 e. The van der Waals surface area contributed by atoms with E-state index in [1.54, 1.807) is 37.3 Å². The lowest BCUT2D eigenvalue weighted by atomic mass is 10.0. The highest BCUT2D eigenvalue weighted by molar-refractivity contribution is 7.92. The van der Waals surface area contributed by atoms with Crippen molar-refractivity contribution < 1.29 is 22.9 Å². The Morgan fingerprint density at radius 2 is 1.82 bits per heavy atom. The quantitative estimate of drug-likeness (QED) is 0.414. The van der Waals surface area contributed by atoms with Crippen LogP contribution in [0.3, 0.4) is 0 Å². The summed E-state index contributed by atoms with van der Waals surface area (Å²) in [6, 6.07) is 15.5. The molecule has 0 saturated heterocycles. The molecule has 3 aromatic rings. The van der Waals surface area contributed by atoms with E-state index in [4.69, 9.17) is 4.74 Å². The second kappa shape index (κ2) is 9.14. The van der Waals surface area contributed by atoms with Gasteiger partial charge in [0.05, 0.1) is 22.6 Å². The second-order valence-electron chi connectivity index (χ2n) is 7.91. The van der Waals surface area contributed by atoms with Crippen molar-refractivity contribution in [1.82, 2.24) is 0 Å². The number of fused-ring (bicyclic) bond motifs is 1. The fourth-order valence-electron chi connectivity index (χ4n) is 3.89. The van der Waals surface area contributed by atoms with Gasteiger partial charge in [0.25, 0.3) is 21.6 Å². The van der Waals surface area contributed by atoms with Gasteiger partial charge in [0.2, 0.25) is 0 Å². The SMILES string of the molecule is COc1ccc(S(=O)(=O)N2CCCc3ccc(NC(=O)c4ccc(C)c([N+](=O)[O-])c4)cc32)cc1. The number of benzene rings is 3. The number of nitrogens with zero attached hydrogens (tertiary/aromatic N) is 2. The van der Waals surface area contributed by atoms with E-state index >= 15 is 0 Å². The van der Waals surface area contributed by atoms with Crippen LogP contribution in [0.5, 0.6) is 5.75 Å². The first-order chi connectivity index (χ1) is 16.2. The molecule has 0 aromatic heterocycles. The number of aryl methyl sites for hydroxylation is 2. The fourth-order valence-corrected chi connectivity index (χ4v) is 5.43. The molecule has 1 heterocycles. The topological polar surface area (TPSA) is 119 Å². The van der Waals surface area contributed by atoms with E-state index in [1.807, 2.05) is 0 Å². The number of amides is 1. The molecule has 0 radical (unpaired) electrons. The first kappa shape index (κ1) is 23.2. The van der Waals surface area contributed by atoms with Gasteiger partial charge in [-0.3, -0.25) is 19.2 Å². The average Bonchev–Trinajstić information content (AvgIpc) is 2.83. The van der Waals surface area contributed by atoms with Gasteiger partial charge < -0.3 is 10.1 Å². The summed E-state index contributed by atoms with van der Waals surface area (Å²) in [6.45, 7) is 1.91. The van der Waals surface area contributed by atoms with Crippen molar-refractivity contribution in [3.8, 4) is 5.75 Å². The van der Waals surface area contributed by atoms with Crippen molar-refractivity contribution in [3.05, 3.63) is 87.5 Å². The van der Waals surface area contributed by atoms with Crippen LogP contribution >= 0.6 is 0 Å². The largest absolute Gasteiger partial charge is 0.497 e. The van der Waals surface area contributed by atoms with Crippen molar-refractivity contribution in [1.29, 1.82) is 0 Å². The van der Waals surface area contributed by atoms with Crippen LogP contribution < -0.4 is 14.4 Å². The van der Waals surface area contributed by atoms with Crippen LogP contribution in [-0.4, -0.2) is 32.9 Å². The molecule has 0 spiro atoms. The molecule has 0 saturated carbocycles. The molecule has 0 fully saturated rings. The summed E-state index contributed by atoms with van der Waals surface area (Å²) < 4.78 is 33.2. The van der Waals surface area contributed by atoms with Gasteiger partial charge in [-0.15, -0.1) is 0 Å². The van der Waals surface area contributed by atoms with Gasteiger partial charge in [-0.25, -0.2) is 8.42 Å². The first-order valence-electron chi connectivity index (χ1n) is 10.6. The molecule has 0 unspecified atom stereocenters. The van der Waals surface area contributed by atoms with Crippen molar-refractivity contribution in [2.24, 2.45) is 0 Å². The van der Waals surface area contributed by atoms with Crippen LogP contribution in [0.4, 0.5) is 17.1 Å². The summed E-state index contributed by atoms with van der Waals surface area (Å²) in [4.78, 5) is 23.6. The standard InChI is InChI=1S/C24H23N3O6S/c1-16-5-6-18(14-22(16)27(29)30)24(28)25-19-8-7-17-4-3-13-26(23(17)15-19)34(31,32)21-11-9-20(33-2)10-12-21/h5-12,14-15H,3-4,13H2,1-2H3,(H,25,28). The van der Waals surface area contributed by atoms with Crippen LogP contribution in [0.1, 0.15) is 27.9 Å². The first-order valence-corrected chi connectivity index (χ1v) is 12.0. The van der Waals surface area contributed by atoms with Gasteiger partial charge in [0.15, 0.2) is 0 Å². The van der Waals surface area contributed by atoms with E-state index in [-0.39, 0.29) is 16.1 Å². The van der Waals surface area contributed by atoms with Gasteiger partial charge in [-0.1, -0.05) is 12.1 Å². The number of nitro benzene ring substituents is 1. The molecule has 176 valence electrons. The molecule has 1 amide bonds. The molecule has 1 aliphatic heterocycles. The van der Waals surface area contributed by atoms with E-state index < -0.39 is 20.9 Å². The van der Waals surface area contributed by atoms with Crippen molar-refractivity contribution in [2.75, 3.05) is 23.3 Å². The molecule has 0 atom stereocenters. The zero-order valence-electron chi connectivity index (χ0n) is 18.6. The number of ether oxygens (including phenoxy) is 1. The molecule has 0 bridgehead atoms. The number of anilines is 2. The molecular weight excluding hydrogens is 458 g/mol. The van der Waals surface area contributed by atoms with E-state index in [0.29, 0.717) is 42.1 Å². The van der Waals surface area contributed by atoms with Crippen LogP contribution in [0.25, 0.3) is 0 Å². The van der Waals surface area contributed by atoms with Gasteiger partial charge in [0.1, 0.15) is 5.75 Å². The average molecular weight is 482 g/mol. The minimum absolute atomic E-state index is 0.137. The van der Waals surface area contributed by atoms with E-state index in [0.717, 1.165) is 5.56 Å². The predicted molar refractivity (Wildman–Crippen MR) is 128 cm³/mol. The van der Waals surface area contributed by atoms with Crippen LogP contribution in [-0.2, 0) is 16.4 Å².